The molecule has 0 spiro atoms. The summed E-state index contributed by atoms with van der Waals surface area (Å²) in [4.78, 5) is 16.5. The molecule has 1 aromatic carbocycles. The number of hydrogen-bond acceptors (Lipinski definition) is 5. The summed E-state index contributed by atoms with van der Waals surface area (Å²) >= 11 is 0. The number of furan rings is 1. The number of aromatic nitrogens is 1. The fourth-order valence-corrected chi connectivity index (χ4v) is 4.71. The summed E-state index contributed by atoms with van der Waals surface area (Å²) in [5.41, 5.74) is 1.85. The van der Waals surface area contributed by atoms with E-state index in [0.717, 1.165) is 5.56 Å². The van der Waals surface area contributed by atoms with Gasteiger partial charge in [0, 0.05) is 18.9 Å². The van der Waals surface area contributed by atoms with Gasteiger partial charge in [-0.05, 0) is 55.3 Å². The number of pyridine rings is 1. The molecular formula is C20H20N2O4S. The molecule has 7 heteroatoms. The van der Waals surface area contributed by atoms with Crippen LogP contribution in [0.2, 0.25) is 0 Å². The average molecular weight is 384 g/mol. The molecule has 0 saturated heterocycles. The van der Waals surface area contributed by atoms with E-state index < -0.39 is 21.0 Å². The molecule has 0 fully saturated rings. The van der Waals surface area contributed by atoms with Crippen LogP contribution < -0.4 is 5.32 Å². The SMILES string of the molecule is Cc1ccc(C)c(S(=O)(=O)[C@H](CNC(=O)c2cccnc2)c2ccco2)c1. The molecule has 1 atom stereocenters. The molecule has 0 aliphatic carbocycles. The molecule has 3 aromatic rings. The van der Waals surface area contributed by atoms with Crippen LogP contribution in [0.3, 0.4) is 0 Å². The lowest BCUT2D eigenvalue weighted by Crippen LogP contribution is -2.32. The Labute approximate surface area is 158 Å². The first kappa shape index (κ1) is 18.8. The molecule has 0 saturated carbocycles. The molecule has 0 aliphatic rings. The minimum atomic E-state index is -3.78. The zero-order chi connectivity index (χ0) is 19.4. The first-order valence-electron chi connectivity index (χ1n) is 8.42. The Bertz CT molecular complexity index is 1030. The van der Waals surface area contributed by atoms with Crippen LogP contribution in [0.15, 0.2) is 70.4 Å². The Morgan fingerprint density at radius 2 is 2.00 bits per heavy atom. The van der Waals surface area contributed by atoms with Crippen LogP contribution in [-0.2, 0) is 9.84 Å². The predicted octanol–water partition coefficient (Wildman–Crippen LogP) is 3.24. The number of carbonyl (C=O) groups is 1. The molecule has 3 rings (SSSR count). The Balaban J connectivity index is 1.92. The first-order chi connectivity index (χ1) is 12.9. The van der Waals surface area contributed by atoms with Gasteiger partial charge in [-0.15, -0.1) is 0 Å². The highest BCUT2D eigenvalue weighted by atomic mass is 32.2. The number of hydrogen-bond donors (Lipinski definition) is 1. The summed E-state index contributed by atoms with van der Waals surface area (Å²) in [5, 5.41) is 1.65. The van der Waals surface area contributed by atoms with E-state index in [-0.39, 0.29) is 17.2 Å². The number of rotatable bonds is 6. The predicted molar refractivity (Wildman–Crippen MR) is 101 cm³/mol. The van der Waals surface area contributed by atoms with Crippen molar-refractivity contribution in [3.63, 3.8) is 0 Å². The quantitative estimate of drug-likeness (QED) is 0.705. The minimum Gasteiger partial charge on any atom is -0.468 e. The maximum absolute atomic E-state index is 13.3. The molecule has 6 nitrogen and oxygen atoms in total. The monoisotopic (exact) mass is 384 g/mol. The molecule has 27 heavy (non-hydrogen) atoms. The van der Waals surface area contributed by atoms with Crippen molar-refractivity contribution in [1.29, 1.82) is 0 Å². The van der Waals surface area contributed by atoms with Crippen LogP contribution in [0.25, 0.3) is 0 Å². The highest BCUT2D eigenvalue weighted by Gasteiger charge is 2.33. The van der Waals surface area contributed by atoms with Crippen LogP contribution in [0.5, 0.6) is 0 Å². The summed E-state index contributed by atoms with van der Waals surface area (Å²) in [6, 6.07) is 11.8. The zero-order valence-electron chi connectivity index (χ0n) is 15.0. The largest absolute Gasteiger partial charge is 0.468 e. The highest BCUT2D eigenvalue weighted by molar-refractivity contribution is 7.91. The molecule has 1 amide bonds. The minimum absolute atomic E-state index is 0.114. The number of benzene rings is 1. The van der Waals surface area contributed by atoms with Gasteiger partial charge in [0.25, 0.3) is 5.91 Å². The van der Waals surface area contributed by atoms with Gasteiger partial charge in [-0.3, -0.25) is 9.78 Å². The molecule has 2 aromatic heterocycles. The third kappa shape index (κ3) is 4.09. The maximum Gasteiger partial charge on any atom is 0.252 e. The number of nitrogens with zero attached hydrogens (tertiary/aromatic N) is 1. The second-order valence-electron chi connectivity index (χ2n) is 6.27. The van der Waals surface area contributed by atoms with Gasteiger partial charge in [0.05, 0.1) is 16.7 Å². The van der Waals surface area contributed by atoms with Crippen molar-refractivity contribution < 1.29 is 17.6 Å². The fourth-order valence-electron chi connectivity index (χ4n) is 2.79. The first-order valence-corrected chi connectivity index (χ1v) is 9.97. The molecule has 0 bridgehead atoms. The number of aryl methyl sites for hydroxylation is 2. The van der Waals surface area contributed by atoms with Crippen LogP contribution in [0.4, 0.5) is 0 Å². The van der Waals surface area contributed by atoms with Gasteiger partial charge in [-0.25, -0.2) is 8.42 Å². The van der Waals surface area contributed by atoms with Crippen molar-refractivity contribution in [3.05, 3.63) is 83.6 Å². The zero-order valence-corrected chi connectivity index (χ0v) is 15.9. The van der Waals surface area contributed by atoms with E-state index in [0.29, 0.717) is 11.1 Å². The number of nitrogens with one attached hydrogen (secondary N) is 1. The molecule has 0 unspecified atom stereocenters. The summed E-state index contributed by atoms with van der Waals surface area (Å²) < 4.78 is 32.0. The maximum atomic E-state index is 13.3. The van der Waals surface area contributed by atoms with Gasteiger partial charge >= 0.3 is 0 Å². The molecule has 2 heterocycles. The van der Waals surface area contributed by atoms with Crippen LogP contribution in [-0.4, -0.2) is 25.9 Å². The Hall–Kier alpha value is -2.93. The Morgan fingerprint density at radius 1 is 1.19 bits per heavy atom. The van der Waals surface area contributed by atoms with Crippen molar-refractivity contribution in [1.82, 2.24) is 10.3 Å². The standard InChI is InChI=1S/C20H20N2O4S/c1-14-7-8-15(2)18(11-14)27(24,25)19(17-6-4-10-26-17)13-22-20(23)16-5-3-9-21-12-16/h3-12,19H,13H2,1-2H3,(H,22,23)/t19-/m1/s1. The second kappa shape index (κ2) is 7.75. The Morgan fingerprint density at radius 3 is 2.67 bits per heavy atom. The normalized spacial score (nSPS) is 12.5. The number of sulfone groups is 1. The van der Waals surface area contributed by atoms with Crippen LogP contribution >= 0.6 is 0 Å². The van der Waals surface area contributed by atoms with E-state index in [9.17, 15) is 13.2 Å². The van der Waals surface area contributed by atoms with Gasteiger partial charge in [0.15, 0.2) is 9.84 Å². The second-order valence-corrected chi connectivity index (χ2v) is 8.37. The lowest BCUT2D eigenvalue weighted by atomic mass is 10.2. The molecule has 1 N–H and O–H groups in total. The van der Waals surface area contributed by atoms with Gasteiger partial charge in [-0.1, -0.05) is 12.1 Å². The van der Waals surface area contributed by atoms with E-state index in [1.54, 1.807) is 49.5 Å². The topological polar surface area (TPSA) is 89.3 Å². The van der Waals surface area contributed by atoms with E-state index in [1.165, 1.54) is 12.5 Å². The average Bonchev–Trinajstić information content (AvgIpc) is 3.18. The van der Waals surface area contributed by atoms with Gasteiger partial charge < -0.3 is 9.73 Å². The highest BCUT2D eigenvalue weighted by Crippen LogP contribution is 2.31. The summed E-state index contributed by atoms with van der Waals surface area (Å²) in [5.74, 6) is -0.113. The van der Waals surface area contributed by atoms with Crippen LogP contribution in [0.1, 0.15) is 32.5 Å². The summed E-state index contributed by atoms with van der Waals surface area (Å²) in [7, 11) is -3.78. The van der Waals surface area contributed by atoms with E-state index in [2.05, 4.69) is 10.3 Å². The van der Waals surface area contributed by atoms with Crippen molar-refractivity contribution in [2.45, 2.75) is 24.0 Å². The van der Waals surface area contributed by atoms with E-state index in [1.807, 2.05) is 13.0 Å². The number of carbonyl (C=O) groups excluding carboxylic acids is 1. The van der Waals surface area contributed by atoms with Crippen molar-refractivity contribution in [3.8, 4) is 0 Å². The van der Waals surface area contributed by atoms with Crippen LogP contribution in [0, 0.1) is 13.8 Å². The molecule has 0 radical (unpaired) electrons. The van der Waals surface area contributed by atoms with Crippen molar-refractivity contribution in [2.24, 2.45) is 0 Å². The third-order valence-electron chi connectivity index (χ3n) is 4.26. The smallest absolute Gasteiger partial charge is 0.252 e. The van der Waals surface area contributed by atoms with Gasteiger partial charge in [-0.2, -0.15) is 0 Å². The van der Waals surface area contributed by atoms with Crippen molar-refractivity contribution in [2.75, 3.05) is 6.54 Å². The lowest BCUT2D eigenvalue weighted by molar-refractivity contribution is 0.0953. The molecule has 0 aliphatic heterocycles. The molecular weight excluding hydrogens is 364 g/mol. The number of amides is 1. The van der Waals surface area contributed by atoms with Gasteiger partial charge in [0.1, 0.15) is 11.0 Å². The summed E-state index contributed by atoms with van der Waals surface area (Å²) in [6.45, 7) is 3.47. The molecule has 140 valence electrons. The Kier molecular flexibility index (Phi) is 5.41. The summed E-state index contributed by atoms with van der Waals surface area (Å²) in [6.07, 6.45) is 4.41. The van der Waals surface area contributed by atoms with E-state index in [4.69, 9.17) is 4.42 Å². The van der Waals surface area contributed by atoms with Gasteiger partial charge in [0.2, 0.25) is 0 Å². The van der Waals surface area contributed by atoms with E-state index >= 15 is 0 Å². The fraction of sp³-hybridized carbons (Fsp3) is 0.200. The lowest BCUT2D eigenvalue weighted by Gasteiger charge is -2.18. The third-order valence-corrected chi connectivity index (χ3v) is 6.46. The van der Waals surface area contributed by atoms with Crippen molar-refractivity contribution >= 4 is 15.7 Å².